The first-order chi connectivity index (χ1) is 13.2. The van der Waals surface area contributed by atoms with E-state index < -0.39 is 11.5 Å². The first-order valence-corrected chi connectivity index (χ1v) is 9.88. The van der Waals surface area contributed by atoms with Crippen LogP contribution in [0.1, 0.15) is 47.0 Å². The normalized spacial score (nSPS) is 19.7. The molecule has 152 valence electrons. The number of carbonyl (C=O) groups is 3. The smallest absolute Gasteiger partial charge is 0.268 e. The number of amides is 3. The molecule has 2 heterocycles. The summed E-state index contributed by atoms with van der Waals surface area (Å²) in [7, 11) is 0. The predicted molar refractivity (Wildman–Crippen MR) is 107 cm³/mol. The Morgan fingerprint density at radius 1 is 1.18 bits per heavy atom. The van der Waals surface area contributed by atoms with E-state index in [4.69, 9.17) is 4.74 Å². The molecule has 0 saturated carbocycles. The Morgan fingerprint density at radius 2 is 1.86 bits per heavy atom. The number of nitrogens with zero attached hydrogens (tertiary/aromatic N) is 2. The van der Waals surface area contributed by atoms with Gasteiger partial charge >= 0.3 is 0 Å². The van der Waals surface area contributed by atoms with E-state index in [1.54, 1.807) is 25.1 Å². The summed E-state index contributed by atoms with van der Waals surface area (Å²) in [4.78, 5) is 41.1. The molecule has 0 aliphatic carbocycles. The van der Waals surface area contributed by atoms with Crippen LogP contribution in [0.15, 0.2) is 18.2 Å². The lowest BCUT2D eigenvalue weighted by atomic mass is 9.95. The van der Waals surface area contributed by atoms with Crippen molar-refractivity contribution in [3.8, 4) is 5.75 Å². The van der Waals surface area contributed by atoms with Crippen LogP contribution in [0.25, 0.3) is 0 Å². The van der Waals surface area contributed by atoms with Gasteiger partial charge in [0.05, 0.1) is 5.69 Å². The van der Waals surface area contributed by atoms with Crippen molar-refractivity contribution in [2.24, 2.45) is 5.41 Å². The number of benzene rings is 1. The fourth-order valence-electron chi connectivity index (χ4n) is 3.35. The van der Waals surface area contributed by atoms with Crippen molar-refractivity contribution in [3.05, 3.63) is 18.2 Å². The first kappa shape index (κ1) is 20.2. The second-order valence-electron chi connectivity index (χ2n) is 8.51. The Kier molecular flexibility index (Phi) is 5.63. The largest absolute Gasteiger partial charge is 0.479 e. The van der Waals surface area contributed by atoms with Crippen LogP contribution in [-0.4, -0.2) is 48.4 Å². The fraction of sp³-hybridized carbons (Fsp3) is 0.571. The fourth-order valence-corrected chi connectivity index (χ4v) is 3.35. The van der Waals surface area contributed by atoms with E-state index in [-0.39, 0.29) is 24.3 Å². The number of piperidine rings is 1. The highest BCUT2D eigenvalue weighted by Crippen LogP contribution is 2.36. The zero-order valence-electron chi connectivity index (χ0n) is 17.1. The minimum atomic E-state index is -0.656. The standard InChI is InChI=1S/C21H29N3O4/c1-14-19(26)24(13-18(25)23-10-6-5-7-11-23)16-12-15(8-9-17(16)28-14)22-20(27)21(2,3)4/h8-9,12,14H,5-7,10-11,13H2,1-4H3,(H,22,27). The monoisotopic (exact) mass is 387 g/mol. The molecule has 28 heavy (non-hydrogen) atoms. The Hall–Kier alpha value is -2.57. The molecule has 1 fully saturated rings. The van der Waals surface area contributed by atoms with Crippen LogP contribution in [0.4, 0.5) is 11.4 Å². The third kappa shape index (κ3) is 4.29. The van der Waals surface area contributed by atoms with Crippen molar-refractivity contribution in [2.75, 3.05) is 29.9 Å². The van der Waals surface area contributed by atoms with Crippen molar-refractivity contribution < 1.29 is 19.1 Å². The van der Waals surface area contributed by atoms with Gasteiger partial charge in [-0.25, -0.2) is 0 Å². The molecule has 0 bridgehead atoms. The van der Waals surface area contributed by atoms with Gasteiger partial charge in [-0.15, -0.1) is 0 Å². The number of nitrogens with one attached hydrogen (secondary N) is 1. The van der Waals surface area contributed by atoms with Crippen molar-refractivity contribution in [3.63, 3.8) is 0 Å². The molecule has 1 aromatic carbocycles. The van der Waals surface area contributed by atoms with Crippen LogP contribution in [0.5, 0.6) is 5.75 Å². The quantitative estimate of drug-likeness (QED) is 0.865. The number of fused-ring (bicyclic) bond motifs is 1. The molecule has 0 radical (unpaired) electrons. The maximum absolute atomic E-state index is 12.7. The summed E-state index contributed by atoms with van der Waals surface area (Å²) in [6.45, 7) is 8.63. The van der Waals surface area contributed by atoms with E-state index in [2.05, 4.69) is 5.32 Å². The molecule has 1 aromatic rings. The number of ether oxygens (including phenoxy) is 1. The van der Waals surface area contributed by atoms with Gasteiger partial charge in [0.1, 0.15) is 12.3 Å². The van der Waals surface area contributed by atoms with Crippen LogP contribution in [0.3, 0.4) is 0 Å². The SMILES string of the molecule is CC1Oc2ccc(NC(=O)C(C)(C)C)cc2N(CC(=O)N2CCCCC2)C1=O. The Bertz CT molecular complexity index is 778. The van der Waals surface area contributed by atoms with Crippen LogP contribution in [-0.2, 0) is 14.4 Å². The number of hydrogen-bond donors (Lipinski definition) is 1. The van der Waals surface area contributed by atoms with Crippen LogP contribution in [0, 0.1) is 5.41 Å². The van der Waals surface area contributed by atoms with Crippen LogP contribution >= 0.6 is 0 Å². The molecule has 1 N–H and O–H groups in total. The Balaban J connectivity index is 1.84. The summed E-state index contributed by atoms with van der Waals surface area (Å²) in [5.74, 6) is 0.0986. The number of carbonyl (C=O) groups excluding carboxylic acids is 3. The van der Waals surface area contributed by atoms with E-state index >= 15 is 0 Å². The molecule has 1 saturated heterocycles. The van der Waals surface area contributed by atoms with Gasteiger partial charge in [0.2, 0.25) is 11.8 Å². The molecule has 0 aromatic heterocycles. The highest BCUT2D eigenvalue weighted by Gasteiger charge is 2.34. The zero-order chi connectivity index (χ0) is 20.5. The van der Waals surface area contributed by atoms with Gasteiger partial charge in [0.15, 0.2) is 6.10 Å². The minimum Gasteiger partial charge on any atom is -0.479 e. The highest BCUT2D eigenvalue weighted by atomic mass is 16.5. The molecule has 0 spiro atoms. The van der Waals surface area contributed by atoms with Gasteiger partial charge in [0, 0.05) is 24.2 Å². The number of rotatable bonds is 3. The molecular formula is C21H29N3O4. The highest BCUT2D eigenvalue weighted by molar-refractivity contribution is 6.04. The van der Waals surface area contributed by atoms with Gasteiger partial charge in [-0.05, 0) is 44.4 Å². The Labute approximate surface area is 166 Å². The second-order valence-corrected chi connectivity index (χ2v) is 8.51. The molecule has 7 nitrogen and oxygen atoms in total. The maximum atomic E-state index is 12.7. The van der Waals surface area contributed by atoms with Gasteiger partial charge in [-0.3, -0.25) is 19.3 Å². The van der Waals surface area contributed by atoms with E-state index in [1.807, 2.05) is 25.7 Å². The molecule has 2 aliphatic rings. The van der Waals surface area contributed by atoms with Gasteiger partial charge < -0.3 is 15.0 Å². The van der Waals surface area contributed by atoms with E-state index in [1.165, 1.54) is 4.90 Å². The molecule has 2 aliphatic heterocycles. The topological polar surface area (TPSA) is 79.0 Å². The molecule has 3 rings (SSSR count). The summed E-state index contributed by atoms with van der Waals surface area (Å²) >= 11 is 0. The average molecular weight is 387 g/mol. The third-order valence-corrected chi connectivity index (χ3v) is 5.11. The summed E-state index contributed by atoms with van der Waals surface area (Å²) in [5, 5.41) is 2.87. The summed E-state index contributed by atoms with van der Waals surface area (Å²) < 4.78 is 5.70. The van der Waals surface area contributed by atoms with Gasteiger partial charge in [0.25, 0.3) is 5.91 Å². The van der Waals surface area contributed by atoms with Crippen LogP contribution in [0.2, 0.25) is 0 Å². The van der Waals surface area contributed by atoms with Gasteiger partial charge in [-0.2, -0.15) is 0 Å². The molecular weight excluding hydrogens is 358 g/mol. The van der Waals surface area contributed by atoms with E-state index in [0.29, 0.717) is 17.1 Å². The second kappa shape index (κ2) is 7.81. The van der Waals surface area contributed by atoms with Crippen LogP contribution < -0.4 is 15.0 Å². The summed E-state index contributed by atoms with van der Waals surface area (Å²) in [6.07, 6.45) is 2.48. The van der Waals surface area contributed by atoms with E-state index in [9.17, 15) is 14.4 Å². The summed E-state index contributed by atoms with van der Waals surface area (Å²) in [6, 6.07) is 5.18. The van der Waals surface area contributed by atoms with Crippen molar-refractivity contribution in [1.82, 2.24) is 4.90 Å². The maximum Gasteiger partial charge on any atom is 0.268 e. The predicted octanol–water partition coefficient (Wildman–Crippen LogP) is 2.80. The minimum absolute atomic E-state index is 0.0177. The number of anilines is 2. The lowest BCUT2D eigenvalue weighted by Crippen LogP contribution is -2.50. The average Bonchev–Trinajstić information content (AvgIpc) is 2.65. The van der Waals surface area contributed by atoms with Gasteiger partial charge in [-0.1, -0.05) is 20.8 Å². The molecule has 3 amide bonds. The van der Waals surface area contributed by atoms with Crippen molar-refractivity contribution >= 4 is 29.1 Å². The third-order valence-electron chi connectivity index (χ3n) is 5.11. The van der Waals surface area contributed by atoms with E-state index in [0.717, 1.165) is 32.4 Å². The lowest BCUT2D eigenvalue weighted by molar-refractivity contribution is -0.133. The number of likely N-dealkylation sites (tertiary alicyclic amines) is 1. The summed E-state index contributed by atoms with van der Waals surface area (Å²) in [5.41, 5.74) is 0.543. The lowest BCUT2D eigenvalue weighted by Gasteiger charge is -2.35. The first-order valence-electron chi connectivity index (χ1n) is 9.88. The molecule has 7 heteroatoms. The molecule has 1 unspecified atom stereocenters. The van der Waals surface area contributed by atoms with Crippen molar-refractivity contribution in [1.29, 1.82) is 0 Å². The zero-order valence-corrected chi connectivity index (χ0v) is 17.1. The van der Waals surface area contributed by atoms with Crippen molar-refractivity contribution in [2.45, 2.75) is 53.1 Å². The Morgan fingerprint density at radius 3 is 2.50 bits per heavy atom. The molecule has 1 atom stereocenters. The number of hydrogen-bond acceptors (Lipinski definition) is 4.